The molecule has 10 heteroatoms. The number of hydrogen-bond donors (Lipinski definition) is 3. The van der Waals surface area contributed by atoms with Crippen molar-refractivity contribution in [3.63, 3.8) is 0 Å². The molecule has 0 aliphatic carbocycles. The van der Waals surface area contributed by atoms with E-state index in [4.69, 9.17) is 22.6 Å². The number of fused-ring (bicyclic) bond motifs is 1. The first-order chi connectivity index (χ1) is 7.70. The van der Waals surface area contributed by atoms with Crippen molar-refractivity contribution in [2.45, 2.75) is 11.8 Å². The molecule has 3 N–H and O–H groups in total. The summed E-state index contributed by atoms with van der Waals surface area (Å²) in [4.78, 5) is 23.0. The number of rotatable bonds is 1. The van der Waals surface area contributed by atoms with Gasteiger partial charge in [-0.2, -0.15) is 8.42 Å². The molecular formula is C7H9NO7S2. The molecule has 1 fully saturated rings. The van der Waals surface area contributed by atoms with Crippen LogP contribution in [0.4, 0.5) is 0 Å². The van der Waals surface area contributed by atoms with Crippen molar-refractivity contribution in [2.24, 2.45) is 0 Å². The highest BCUT2D eigenvalue weighted by Crippen LogP contribution is 2.36. The van der Waals surface area contributed by atoms with Crippen LogP contribution < -0.4 is 0 Å². The van der Waals surface area contributed by atoms with E-state index in [2.05, 4.69) is 0 Å². The van der Waals surface area contributed by atoms with Gasteiger partial charge in [0.1, 0.15) is 5.70 Å². The first-order valence-electron chi connectivity index (χ1n) is 4.27. The lowest BCUT2D eigenvalue weighted by atomic mass is 10.1. The fraction of sp³-hybridized carbons (Fsp3) is 0.429. The van der Waals surface area contributed by atoms with E-state index in [9.17, 15) is 9.59 Å². The van der Waals surface area contributed by atoms with E-state index >= 15 is 0 Å². The summed E-state index contributed by atoms with van der Waals surface area (Å²) in [6.45, 7) is 0. The fourth-order valence-electron chi connectivity index (χ4n) is 1.34. The zero-order valence-electron chi connectivity index (χ0n) is 8.31. The fourth-order valence-corrected chi connectivity index (χ4v) is 2.45. The van der Waals surface area contributed by atoms with Crippen molar-refractivity contribution < 1.29 is 32.2 Å². The standard InChI is InChI=1S/C7H7NO3S.H2O4S/c9-5-3-6-8(5)4(7(10)11)1-2-12-6;1-5(2,3)4/h1,6H,2-3H2,(H,10,11);(H2,1,2,3,4). The van der Waals surface area contributed by atoms with E-state index in [0.717, 1.165) is 0 Å². The van der Waals surface area contributed by atoms with E-state index in [-0.39, 0.29) is 17.0 Å². The second-order valence-electron chi connectivity index (χ2n) is 3.10. The Balaban J connectivity index is 0.000000249. The minimum Gasteiger partial charge on any atom is -0.477 e. The quantitative estimate of drug-likeness (QED) is 0.437. The summed E-state index contributed by atoms with van der Waals surface area (Å²) >= 11 is 1.60. The van der Waals surface area contributed by atoms with E-state index in [1.165, 1.54) is 4.90 Å². The Hall–Kier alpha value is -1.10. The van der Waals surface area contributed by atoms with Gasteiger partial charge in [-0.15, -0.1) is 11.8 Å². The van der Waals surface area contributed by atoms with Gasteiger partial charge in [-0.3, -0.25) is 18.8 Å². The van der Waals surface area contributed by atoms with Gasteiger partial charge in [-0.1, -0.05) is 0 Å². The second-order valence-corrected chi connectivity index (χ2v) is 5.20. The molecule has 1 unspecified atom stereocenters. The maximum atomic E-state index is 11.0. The van der Waals surface area contributed by atoms with Crippen LogP contribution >= 0.6 is 11.8 Å². The molecule has 17 heavy (non-hydrogen) atoms. The topological polar surface area (TPSA) is 132 Å². The summed E-state index contributed by atoms with van der Waals surface area (Å²) in [5, 5.41) is 8.78. The number of carboxylic acids is 1. The van der Waals surface area contributed by atoms with Gasteiger partial charge in [0.05, 0.1) is 11.8 Å². The Bertz CT molecular complexity index is 461. The van der Waals surface area contributed by atoms with E-state index < -0.39 is 16.4 Å². The molecule has 1 amide bonds. The molecule has 2 aliphatic heterocycles. The first kappa shape index (κ1) is 14.0. The molecular weight excluding hydrogens is 274 g/mol. The Morgan fingerprint density at radius 2 is 2.00 bits per heavy atom. The number of hydrogen-bond acceptors (Lipinski definition) is 5. The van der Waals surface area contributed by atoms with Gasteiger partial charge in [-0.05, 0) is 6.08 Å². The summed E-state index contributed by atoms with van der Waals surface area (Å²) in [5.74, 6) is -0.398. The van der Waals surface area contributed by atoms with Crippen molar-refractivity contribution in [2.75, 3.05) is 5.75 Å². The predicted octanol–water partition coefficient (Wildman–Crippen LogP) is -0.393. The number of thioether (sulfide) groups is 1. The van der Waals surface area contributed by atoms with Gasteiger partial charge >= 0.3 is 16.4 Å². The lowest BCUT2D eigenvalue weighted by Crippen LogP contribution is -2.52. The summed E-state index contributed by atoms with van der Waals surface area (Å²) in [5.41, 5.74) is 0.148. The molecule has 1 atom stereocenters. The minimum atomic E-state index is -4.67. The van der Waals surface area contributed by atoms with Crippen LogP contribution in [0.2, 0.25) is 0 Å². The van der Waals surface area contributed by atoms with Crippen LogP contribution in [0.25, 0.3) is 0 Å². The van der Waals surface area contributed by atoms with Crippen molar-refractivity contribution in [1.82, 2.24) is 4.90 Å². The summed E-state index contributed by atoms with van der Waals surface area (Å²) in [6, 6.07) is 0. The average molecular weight is 283 g/mol. The third-order valence-electron chi connectivity index (χ3n) is 1.95. The zero-order chi connectivity index (χ0) is 13.2. The molecule has 2 aliphatic rings. The smallest absolute Gasteiger partial charge is 0.394 e. The third kappa shape index (κ3) is 4.00. The molecule has 0 bridgehead atoms. The summed E-state index contributed by atoms with van der Waals surface area (Å²) in [7, 11) is -4.67. The number of β-lactam (4-membered cyclic amide) rings is 1. The number of carbonyl (C=O) groups excluding carboxylic acids is 1. The minimum absolute atomic E-state index is 0.0774. The Morgan fingerprint density at radius 3 is 2.35 bits per heavy atom. The molecule has 0 spiro atoms. The highest BCUT2D eigenvalue weighted by molar-refractivity contribution is 8.00. The second kappa shape index (κ2) is 5.04. The van der Waals surface area contributed by atoms with Gasteiger partial charge < -0.3 is 5.11 Å². The van der Waals surface area contributed by atoms with Crippen molar-refractivity contribution in [3.05, 3.63) is 11.8 Å². The third-order valence-corrected chi connectivity index (χ3v) is 3.07. The SMILES string of the molecule is O=C(O)C1=CCSC2CC(=O)N12.O=S(=O)(O)O. The van der Waals surface area contributed by atoms with Crippen LogP contribution in [0.5, 0.6) is 0 Å². The van der Waals surface area contributed by atoms with E-state index in [1.807, 2.05) is 0 Å². The lowest BCUT2D eigenvalue weighted by molar-refractivity contribution is -0.146. The van der Waals surface area contributed by atoms with Gasteiger partial charge in [0.25, 0.3) is 0 Å². The van der Waals surface area contributed by atoms with Crippen LogP contribution in [0.3, 0.4) is 0 Å². The molecule has 2 rings (SSSR count). The number of carboxylic acid groups (broad SMARTS) is 1. The maximum absolute atomic E-state index is 11.0. The van der Waals surface area contributed by atoms with Crippen LogP contribution in [-0.4, -0.2) is 50.5 Å². The highest BCUT2D eigenvalue weighted by Gasteiger charge is 2.42. The number of carbonyl (C=O) groups is 2. The first-order valence-corrected chi connectivity index (χ1v) is 6.71. The lowest BCUT2D eigenvalue weighted by Gasteiger charge is -2.42. The van der Waals surface area contributed by atoms with Gasteiger partial charge in [0.2, 0.25) is 5.91 Å². The average Bonchev–Trinajstić information content (AvgIpc) is 2.12. The zero-order valence-corrected chi connectivity index (χ0v) is 9.94. The molecule has 1 saturated heterocycles. The highest BCUT2D eigenvalue weighted by atomic mass is 32.3. The Kier molecular flexibility index (Phi) is 4.14. The molecule has 0 saturated carbocycles. The van der Waals surface area contributed by atoms with Gasteiger partial charge in [0.15, 0.2) is 0 Å². The Morgan fingerprint density at radius 1 is 1.47 bits per heavy atom. The molecule has 2 heterocycles. The van der Waals surface area contributed by atoms with Crippen molar-refractivity contribution >= 4 is 34.0 Å². The molecule has 96 valence electrons. The van der Waals surface area contributed by atoms with Crippen LogP contribution in [0.1, 0.15) is 6.42 Å². The van der Waals surface area contributed by atoms with Crippen molar-refractivity contribution in [1.29, 1.82) is 0 Å². The molecule has 0 radical (unpaired) electrons. The molecule has 0 aromatic rings. The van der Waals surface area contributed by atoms with Gasteiger partial charge in [0, 0.05) is 5.75 Å². The van der Waals surface area contributed by atoms with Crippen LogP contribution in [-0.2, 0) is 20.0 Å². The van der Waals surface area contributed by atoms with Crippen LogP contribution in [0.15, 0.2) is 11.8 Å². The van der Waals surface area contributed by atoms with Gasteiger partial charge in [-0.25, -0.2) is 4.79 Å². The van der Waals surface area contributed by atoms with Crippen LogP contribution in [0, 0.1) is 0 Å². The van der Waals surface area contributed by atoms with E-state index in [0.29, 0.717) is 12.2 Å². The number of aliphatic carboxylic acids is 1. The molecule has 0 aromatic heterocycles. The molecule has 0 aromatic carbocycles. The van der Waals surface area contributed by atoms with E-state index in [1.54, 1.807) is 17.8 Å². The number of amides is 1. The normalized spacial score (nSPS) is 22.7. The molecule has 8 nitrogen and oxygen atoms in total. The maximum Gasteiger partial charge on any atom is 0.394 e. The summed E-state index contributed by atoms with van der Waals surface area (Å²) in [6.07, 6.45) is 2.07. The largest absolute Gasteiger partial charge is 0.477 e. The summed E-state index contributed by atoms with van der Waals surface area (Å²) < 4.78 is 31.6. The Labute approximate surface area is 101 Å². The predicted molar refractivity (Wildman–Crippen MR) is 57.6 cm³/mol. The van der Waals surface area contributed by atoms with Crippen molar-refractivity contribution in [3.8, 4) is 0 Å². The number of nitrogens with zero attached hydrogens (tertiary/aromatic N) is 1. The monoisotopic (exact) mass is 283 g/mol.